The highest BCUT2D eigenvalue weighted by atomic mass is 19.4. The van der Waals surface area contributed by atoms with E-state index in [1.807, 2.05) is 0 Å². The Hall–Kier alpha value is -3.76. The summed E-state index contributed by atoms with van der Waals surface area (Å²) in [5.41, 5.74) is -0.708. The molecule has 0 aliphatic rings. The minimum Gasteiger partial charge on any atom is -0.495 e. The molecule has 8 nitrogen and oxygen atoms in total. The summed E-state index contributed by atoms with van der Waals surface area (Å²) in [5, 5.41) is 9.34. The fourth-order valence-electron chi connectivity index (χ4n) is 2.91. The van der Waals surface area contributed by atoms with Gasteiger partial charge in [-0.2, -0.15) is 13.2 Å². The second-order valence-electron chi connectivity index (χ2n) is 6.55. The first-order valence-electron chi connectivity index (χ1n) is 9.20. The molecule has 3 rings (SSSR count). The molecule has 2 N–H and O–H groups in total. The number of nitrogens with one attached hydrogen (secondary N) is 2. The number of urea groups is 1. The molecule has 1 heterocycles. The third-order valence-corrected chi connectivity index (χ3v) is 4.45. The van der Waals surface area contributed by atoms with Gasteiger partial charge in [-0.15, -0.1) is 5.10 Å². The molecule has 2 aromatic carbocycles. The maximum atomic E-state index is 13.0. The Labute approximate surface area is 175 Å². The van der Waals surface area contributed by atoms with Crippen LogP contribution in [0.1, 0.15) is 5.56 Å². The highest BCUT2D eigenvalue weighted by Gasteiger charge is 2.30. The monoisotopic (exact) mass is 435 g/mol. The molecule has 2 amide bonds. The van der Waals surface area contributed by atoms with Gasteiger partial charge in [-0.05, 0) is 24.3 Å². The molecular weight excluding hydrogens is 415 g/mol. The topological polar surface area (TPSA) is 90.2 Å². The summed E-state index contributed by atoms with van der Waals surface area (Å²) in [5.74, 6) is 0.582. The number of benzene rings is 2. The van der Waals surface area contributed by atoms with E-state index in [1.54, 1.807) is 24.3 Å². The van der Waals surface area contributed by atoms with Gasteiger partial charge in [0.2, 0.25) is 0 Å². The van der Waals surface area contributed by atoms with Gasteiger partial charge in [0.25, 0.3) is 0 Å². The highest BCUT2D eigenvalue weighted by Crippen LogP contribution is 2.31. The van der Waals surface area contributed by atoms with Crippen LogP contribution in [0.15, 0.2) is 53.3 Å². The molecule has 3 aromatic rings. The molecule has 0 aliphatic heterocycles. The number of methoxy groups -OCH3 is 1. The molecule has 1 aromatic heterocycles. The second kappa shape index (κ2) is 8.94. The zero-order valence-electron chi connectivity index (χ0n) is 16.7. The Morgan fingerprint density at radius 2 is 1.90 bits per heavy atom. The van der Waals surface area contributed by atoms with Crippen LogP contribution in [0, 0.1) is 0 Å². The van der Waals surface area contributed by atoms with E-state index in [1.165, 1.54) is 26.3 Å². The Morgan fingerprint density at radius 1 is 1.16 bits per heavy atom. The summed E-state index contributed by atoms with van der Waals surface area (Å²) in [6.07, 6.45) is -4.50. The van der Waals surface area contributed by atoms with Crippen molar-refractivity contribution in [3.63, 3.8) is 0 Å². The second-order valence-corrected chi connectivity index (χ2v) is 6.55. The molecule has 0 fully saturated rings. The summed E-state index contributed by atoms with van der Waals surface area (Å²) in [7, 11) is 2.90. The molecule has 11 heteroatoms. The first-order chi connectivity index (χ1) is 14.7. The van der Waals surface area contributed by atoms with E-state index < -0.39 is 23.5 Å². The van der Waals surface area contributed by atoms with Gasteiger partial charge in [-0.1, -0.05) is 24.3 Å². The number of ether oxygens (including phenoxy) is 1. The summed E-state index contributed by atoms with van der Waals surface area (Å²) >= 11 is 0. The number of para-hydroxylation sites is 2. The predicted molar refractivity (Wildman–Crippen MR) is 108 cm³/mol. The van der Waals surface area contributed by atoms with Crippen LogP contribution in [-0.2, 0) is 19.8 Å². The van der Waals surface area contributed by atoms with Crippen LogP contribution in [0.25, 0.3) is 11.4 Å². The molecule has 164 valence electrons. The predicted octanol–water partition coefficient (Wildman–Crippen LogP) is 3.10. The standard InChI is InChI=1S/C20H20F3N5O3/c1-27-17(13-6-5-7-14(12-13)20(21,22)23)26-28(19(27)30)11-10-24-18(29)25-15-8-3-4-9-16(15)31-2/h3-9,12H,10-11H2,1-2H3,(H2,24,25,29). The summed E-state index contributed by atoms with van der Waals surface area (Å²) in [6, 6.07) is 10.9. The smallest absolute Gasteiger partial charge is 0.416 e. The molecule has 0 aliphatic carbocycles. The van der Waals surface area contributed by atoms with Crippen molar-refractivity contribution in [1.82, 2.24) is 19.7 Å². The molecule has 0 unspecified atom stereocenters. The van der Waals surface area contributed by atoms with Crippen molar-refractivity contribution >= 4 is 11.7 Å². The number of hydrogen-bond donors (Lipinski definition) is 2. The number of carbonyl (C=O) groups excluding carboxylic acids is 1. The third kappa shape index (κ3) is 5.05. The Kier molecular flexibility index (Phi) is 6.33. The zero-order chi connectivity index (χ0) is 22.6. The third-order valence-electron chi connectivity index (χ3n) is 4.45. The largest absolute Gasteiger partial charge is 0.495 e. The fraction of sp³-hybridized carbons (Fsp3) is 0.250. The number of alkyl halides is 3. The van der Waals surface area contributed by atoms with Crippen molar-refractivity contribution in [2.75, 3.05) is 19.0 Å². The molecule has 0 saturated heterocycles. The average Bonchev–Trinajstić information content (AvgIpc) is 3.02. The first kappa shape index (κ1) is 21.9. The lowest BCUT2D eigenvalue weighted by atomic mass is 10.1. The van der Waals surface area contributed by atoms with Gasteiger partial charge in [0.15, 0.2) is 5.82 Å². The lowest BCUT2D eigenvalue weighted by Crippen LogP contribution is -2.34. The van der Waals surface area contributed by atoms with Crippen LogP contribution in [0.4, 0.5) is 23.7 Å². The van der Waals surface area contributed by atoms with Crippen molar-refractivity contribution in [3.05, 3.63) is 64.6 Å². The van der Waals surface area contributed by atoms with Crippen LogP contribution in [-0.4, -0.2) is 34.0 Å². The highest BCUT2D eigenvalue weighted by molar-refractivity contribution is 5.90. The normalized spacial score (nSPS) is 11.3. The lowest BCUT2D eigenvalue weighted by Gasteiger charge is -2.10. The van der Waals surface area contributed by atoms with Crippen LogP contribution in [0.3, 0.4) is 0 Å². The Bertz CT molecular complexity index is 1140. The van der Waals surface area contributed by atoms with E-state index in [4.69, 9.17) is 4.74 Å². The van der Waals surface area contributed by atoms with Crippen molar-refractivity contribution in [2.24, 2.45) is 7.05 Å². The van der Waals surface area contributed by atoms with E-state index >= 15 is 0 Å². The van der Waals surface area contributed by atoms with E-state index in [-0.39, 0.29) is 24.5 Å². The lowest BCUT2D eigenvalue weighted by molar-refractivity contribution is -0.137. The average molecular weight is 435 g/mol. The Balaban J connectivity index is 1.67. The van der Waals surface area contributed by atoms with E-state index in [0.717, 1.165) is 21.4 Å². The summed E-state index contributed by atoms with van der Waals surface area (Å²) < 4.78 is 46.3. The molecule has 31 heavy (non-hydrogen) atoms. The van der Waals surface area contributed by atoms with Crippen molar-refractivity contribution in [2.45, 2.75) is 12.7 Å². The van der Waals surface area contributed by atoms with Gasteiger partial charge in [0, 0.05) is 19.2 Å². The molecule has 0 spiro atoms. The number of nitrogens with zero attached hydrogens (tertiary/aromatic N) is 3. The maximum Gasteiger partial charge on any atom is 0.416 e. The van der Waals surface area contributed by atoms with Crippen molar-refractivity contribution < 1.29 is 22.7 Å². The first-order valence-corrected chi connectivity index (χ1v) is 9.20. The van der Waals surface area contributed by atoms with E-state index in [9.17, 15) is 22.8 Å². The molecular formula is C20H20F3N5O3. The number of anilines is 1. The van der Waals surface area contributed by atoms with Gasteiger partial charge in [-0.3, -0.25) is 4.57 Å². The fourth-order valence-corrected chi connectivity index (χ4v) is 2.91. The van der Waals surface area contributed by atoms with Crippen LogP contribution < -0.4 is 21.1 Å². The summed E-state index contributed by atoms with van der Waals surface area (Å²) in [6.45, 7) is 0.102. The van der Waals surface area contributed by atoms with Crippen LogP contribution in [0.2, 0.25) is 0 Å². The SMILES string of the molecule is COc1ccccc1NC(=O)NCCn1nc(-c2cccc(C(F)(F)F)c2)n(C)c1=O. The maximum absolute atomic E-state index is 13.0. The number of hydrogen-bond acceptors (Lipinski definition) is 4. The minimum atomic E-state index is -4.50. The zero-order valence-corrected chi connectivity index (χ0v) is 16.7. The molecule has 0 radical (unpaired) electrons. The Morgan fingerprint density at radius 3 is 2.61 bits per heavy atom. The molecule has 0 bridgehead atoms. The minimum absolute atomic E-state index is 0.0327. The summed E-state index contributed by atoms with van der Waals surface area (Å²) in [4.78, 5) is 24.5. The van der Waals surface area contributed by atoms with Crippen molar-refractivity contribution in [3.8, 4) is 17.1 Å². The van der Waals surface area contributed by atoms with E-state index in [2.05, 4.69) is 15.7 Å². The van der Waals surface area contributed by atoms with Gasteiger partial charge < -0.3 is 15.4 Å². The van der Waals surface area contributed by atoms with Gasteiger partial charge in [0.1, 0.15) is 5.75 Å². The van der Waals surface area contributed by atoms with Crippen molar-refractivity contribution in [1.29, 1.82) is 0 Å². The quantitative estimate of drug-likeness (QED) is 0.623. The number of carbonyl (C=O) groups is 1. The van der Waals surface area contributed by atoms with E-state index in [0.29, 0.717) is 11.4 Å². The van der Waals surface area contributed by atoms with Gasteiger partial charge in [0.05, 0.1) is 24.9 Å². The number of amides is 2. The number of halogens is 3. The molecule has 0 saturated carbocycles. The number of rotatable bonds is 6. The van der Waals surface area contributed by atoms with Gasteiger partial charge in [-0.25, -0.2) is 14.3 Å². The molecule has 0 atom stereocenters. The van der Waals surface area contributed by atoms with Crippen LogP contribution in [0.5, 0.6) is 5.75 Å². The van der Waals surface area contributed by atoms with Crippen LogP contribution >= 0.6 is 0 Å². The van der Waals surface area contributed by atoms with Gasteiger partial charge >= 0.3 is 17.9 Å². The number of aromatic nitrogens is 3.